The van der Waals surface area contributed by atoms with Crippen LogP contribution in [0.5, 0.6) is 0 Å². The van der Waals surface area contributed by atoms with E-state index in [2.05, 4.69) is 0 Å². The number of carboxylic acids is 1. The molecule has 1 amide bonds. The lowest BCUT2D eigenvalue weighted by Crippen LogP contribution is -2.53. The Hall–Kier alpha value is -1.15. The van der Waals surface area contributed by atoms with E-state index in [0.29, 0.717) is 0 Å². The number of hydrogen-bond donors (Lipinski definition) is 1. The Bertz CT molecular complexity index is 479. The largest absolute Gasteiger partial charge is 0.481 e. The van der Waals surface area contributed by atoms with Crippen LogP contribution in [0, 0.1) is 0 Å². The van der Waals surface area contributed by atoms with Crippen LogP contribution in [0.2, 0.25) is 0 Å². The lowest BCUT2D eigenvalue weighted by atomic mass is 10.2. The zero-order valence-corrected chi connectivity index (χ0v) is 12.8. The normalized spacial score (nSPS) is 22.6. The Balaban J connectivity index is 2.74. The molecule has 116 valence electrons. The number of amides is 1. The van der Waals surface area contributed by atoms with Crippen LogP contribution in [0.4, 0.5) is 0 Å². The van der Waals surface area contributed by atoms with Crippen molar-refractivity contribution in [2.45, 2.75) is 38.8 Å². The summed E-state index contributed by atoms with van der Waals surface area (Å²) in [6.45, 7) is 5.24. The minimum absolute atomic E-state index is 0.0205. The summed E-state index contributed by atoms with van der Waals surface area (Å²) < 4.78 is 28.5. The Labute approximate surface area is 118 Å². The fourth-order valence-corrected chi connectivity index (χ4v) is 3.47. The molecule has 0 aromatic carbocycles. The smallest absolute Gasteiger partial charge is 0.305 e. The molecule has 0 aromatic rings. The molecule has 0 aromatic heterocycles. The van der Waals surface area contributed by atoms with Crippen LogP contribution in [0.3, 0.4) is 0 Å². The van der Waals surface area contributed by atoms with Gasteiger partial charge in [-0.25, -0.2) is 8.42 Å². The van der Waals surface area contributed by atoms with Crippen molar-refractivity contribution in [3.63, 3.8) is 0 Å². The first kappa shape index (κ1) is 16.9. The van der Waals surface area contributed by atoms with Gasteiger partial charge >= 0.3 is 5.97 Å². The maximum absolute atomic E-state index is 12.1. The number of carbonyl (C=O) groups excluding carboxylic acids is 1. The Morgan fingerprint density at radius 1 is 1.35 bits per heavy atom. The van der Waals surface area contributed by atoms with Crippen molar-refractivity contribution in [3.05, 3.63) is 0 Å². The molecule has 8 heteroatoms. The molecule has 0 aliphatic carbocycles. The quantitative estimate of drug-likeness (QED) is 0.778. The van der Waals surface area contributed by atoms with E-state index in [9.17, 15) is 18.0 Å². The van der Waals surface area contributed by atoms with Gasteiger partial charge in [-0.05, 0) is 20.8 Å². The van der Waals surface area contributed by atoms with E-state index in [1.807, 2.05) is 0 Å². The van der Waals surface area contributed by atoms with Gasteiger partial charge in [-0.2, -0.15) is 0 Å². The first-order valence-electron chi connectivity index (χ1n) is 6.36. The minimum atomic E-state index is -3.29. The summed E-state index contributed by atoms with van der Waals surface area (Å²) in [5.74, 6) is -1.94. The molecule has 0 spiro atoms. The van der Waals surface area contributed by atoms with Crippen molar-refractivity contribution < 1.29 is 27.9 Å². The summed E-state index contributed by atoms with van der Waals surface area (Å²) in [6, 6.07) is -0.817. The fourth-order valence-electron chi connectivity index (χ4n) is 1.95. The molecule has 1 aliphatic heterocycles. The van der Waals surface area contributed by atoms with Crippen LogP contribution < -0.4 is 0 Å². The Morgan fingerprint density at radius 3 is 2.45 bits per heavy atom. The van der Waals surface area contributed by atoms with Crippen molar-refractivity contribution in [3.8, 4) is 0 Å². The highest BCUT2D eigenvalue weighted by Crippen LogP contribution is 2.16. The van der Waals surface area contributed by atoms with Gasteiger partial charge < -0.3 is 14.7 Å². The molecular weight excluding hydrogens is 286 g/mol. The summed E-state index contributed by atoms with van der Waals surface area (Å²) in [4.78, 5) is 24.2. The monoisotopic (exact) mass is 307 g/mol. The van der Waals surface area contributed by atoms with E-state index >= 15 is 0 Å². The van der Waals surface area contributed by atoms with Gasteiger partial charge in [-0.3, -0.25) is 9.59 Å². The summed E-state index contributed by atoms with van der Waals surface area (Å²) in [5.41, 5.74) is -0.486. The number of rotatable bonds is 4. The molecule has 1 heterocycles. The molecule has 0 saturated carbocycles. The second kappa shape index (κ2) is 6.09. The number of aliphatic carboxylic acids is 1. The maximum atomic E-state index is 12.1. The van der Waals surface area contributed by atoms with Crippen LogP contribution in [-0.4, -0.2) is 66.6 Å². The zero-order chi connectivity index (χ0) is 15.6. The third-order valence-electron chi connectivity index (χ3n) is 2.89. The third kappa shape index (κ3) is 5.46. The van der Waals surface area contributed by atoms with E-state index in [1.165, 1.54) is 4.90 Å². The highest BCUT2D eigenvalue weighted by atomic mass is 32.2. The first-order chi connectivity index (χ1) is 9.00. The average Bonchev–Trinajstić information content (AvgIpc) is 2.23. The predicted molar refractivity (Wildman–Crippen MR) is 72.1 cm³/mol. The van der Waals surface area contributed by atoms with Gasteiger partial charge in [0.2, 0.25) is 5.91 Å². The molecule has 1 atom stereocenters. The van der Waals surface area contributed by atoms with Gasteiger partial charge in [0.15, 0.2) is 9.84 Å². The number of nitrogens with zero attached hydrogens (tertiary/aromatic N) is 1. The number of sulfone groups is 1. The molecule has 1 unspecified atom stereocenters. The molecule has 0 radical (unpaired) electrons. The van der Waals surface area contributed by atoms with Crippen LogP contribution >= 0.6 is 0 Å². The van der Waals surface area contributed by atoms with E-state index in [0.717, 1.165) is 0 Å². The lowest BCUT2D eigenvalue weighted by molar-refractivity contribution is -0.145. The lowest BCUT2D eigenvalue weighted by Gasteiger charge is -2.35. The number of hydrogen-bond acceptors (Lipinski definition) is 5. The zero-order valence-electron chi connectivity index (χ0n) is 12.0. The van der Waals surface area contributed by atoms with Crippen molar-refractivity contribution in [2.24, 2.45) is 0 Å². The molecule has 1 saturated heterocycles. The molecule has 1 aliphatic rings. The van der Waals surface area contributed by atoms with Gasteiger partial charge in [0, 0.05) is 6.54 Å². The van der Waals surface area contributed by atoms with Gasteiger partial charge in [-0.1, -0.05) is 0 Å². The van der Waals surface area contributed by atoms with Crippen molar-refractivity contribution >= 4 is 21.7 Å². The van der Waals surface area contributed by atoms with Crippen LogP contribution in [0.1, 0.15) is 27.2 Å². The topological polar surface area (TPSA) is 101 Å². The van der Waals surface area contributed by atoms with Gasteiger partial charge in [0.1, 0.15) is 6.61 Å². The second-order valence-electron chi connectivity index (χ2n) is 5.85. The first-order valence-corrected chi connectivity index (χ1v) is 8.18. The average molecular weight is 307 g/mol. The summed E-state index contributed by atoms with van der Waals surface area (Å²) in [5, 5.41) is 8.83. The maximum Gasteiger partial charge on any atom is 0.305 e. The van der Waals surface area contributed by atoms with E-state index in [-0.39, 0.29) is 37.0 Å². The number of carbonyl (C=O) groups is 2. The molecule has 0 bridgehead atoms. The summed E-state index contributed by atoms with van der Waals surface area (Å²) in [6.07, 6.45) is -0.375. The van der Waals surface area contributed by atoms with Crippen LogP contribution in [0.15, 0.2) is 0 Å². The molecule has 7 nitrogen and oxygen atoms in total. The number of carboxylic acid groups (broad SMARTS) is 1. The van der Waals surface area contributed by atoms with Crippen LogP contribution in [0.25, 0.3) is 0 Å². The Kier molecular flexibility index (Phi) is 5.15. The molecule has 1 rings (SSSR count). The van der Waals surface area contributed by atoms with Crippen molar-refractivity contribution in [2.75, 3.05) is 24.7 Å². The fraction of sp³-hybridized carbons (Fsp3) is 0.833. The van der Waals surface area contributed by atoms with Gasteiger partial charge in [-0.15, -0.1) is 0 Å². The third-order valence-corrected chi connectivity index (χ3v) is 4.59. The minimum Gasteiger partial charge on any atom is -0.481 e. The standard InChI is InChI=1S/C12H21NO6S/c1-12(2,3)19-7-10(14)13-4-5-20(17,18)8-9(13)6-11(15)16/h9H,4-8H2,1-3H3,(H,15,16). The van der Waals surface area contributed by atoms with E-state index in [1.54, 1.807) is 20.8 Å². The van der Waals surface area contributed by atoms with Gasteiger partial charge in [0.05, 0.1) is 29.6 Å². The van der Waals surface area contributed by atoms with E-state index in [4.69, 9.17) is 9.84 Å². The summed E-state index contributed by atoms with van der Waals surface area (Å²) >= 11 is 0. The highest BCUT2D eigenvalue weighted by molar-refractivity contribution is 7.91. The number of ether oxygens (including phenoxy) is 1. The summed E-state index contributed by atoms with van der Waals surface area (Å²) in [7, 11) is -3.29. The van der Waals surface area contributed by atoms with Crippen molar-refractivity contribution in [1.29, 1.82) is 0 Å². The highest BCUT2D eigenvalue weighted by Gasteiger charge is 2.35. The molecule has 1 fully saturated rings. The Morgan fingerprint density at radius 2 is 1.95 bits per heavy atom. The second-order valence-corrected chi connectivity index (χ2v) is 8.08. The van der Waals surface area contributed by atoms with Crippen molar-refractivity contribution in [1.82, 2.24) is 4.90 Å². The van der Waals surface area contributed by atoms with Crippen LogP contribution in [-0.2, 0) is 24.2 Å². The molecule has 20 heavy (non-hydrogen) atoms. The molecular formula is C12H21NO6S. The SMILES string of the molecule is CC(C)(C)OCC(=O)N1CCS(=O)(=O)CC1CC(=O)O. The predicted octanol–water partition coefficient (Wildman–Crippen LogP) is -0.0982. The molecule has 1 N–H and O–H groups in total. The van der Waals surface area contributed by atoms with Gasteiger partial charge in [0.25, 0.3) is 0 Å². The van der Waals surface area contributed by atoms with E-state index < -0.39 is 27.4 Å².